The Morgan fingerprint density at radius 3 is 2.63 bits per heavy atom. The molecule has 1 saturated carbocycles. The zero-order valence-electron chi connectivity index (χ0n) is 16.6. The van der Waals surface area contributed by atoms with Gasteiger partial charge in [-0.15, -0.1) is 0 Å². The highest BCUT2D eigenvalue weighted by molar-refractivity contribution is 5.95. The van der Waals surface area contributed by atoms with Crippen LogP contribution in [0.5, 0.6) is 0 Å². The molecule has 1 aliphatic carbocycles. The first-order valence-electron chi connectivity index (χ1n) is 10.0. The number of benzene rings is 2. The lowest BCUT2D eigenvalue weighted by molar-refractivity contribution is 0.0950. The van der Waals surface area contributed by atoms with Crippen LogP contribution in [0.4, 0.5) is 0 Å². The highest BCUT2D eigenvalue weighted by Crippen LogP contribution is 2.39. The fourth-order valence-electron chi connectivity index (χ4n) is 3.30. The molecule has 1 amide bonds. The Kier molecular flexibility index (Phi) is 4.63. The molecule has 4 aromatic rings. The quantitative estimate of drug-likeness (QED) is 0.529. The Bertz CT molecular complexity index is 1170. The summed E-state index contributed by atoms with van der Waals surface area (Å²) in [6.07, 6.45) is 4.01. The molecule has 0 atom stereocenters. The SMILES string of the molecule is Cc1nn(-c2ccc(-c3noc(C4CC4)n3)cc2)cc1C(=O)NCc1ccccc1. The monoisotopic (exact) mass is 399 g/mol. The number of aromatic nitrogens is 4. The van der Waals surface area contributed by atoms with Crippen LogP contribution >= 0.6 is 0 Å². The lowest BCUT2D eigenvalue weighted by Crippen LogP contribution is -2.23. The van der Waals surface area contributed by atoms with Crippen LogP contribution in [0.1, 0.15) is 46.3 Å². The molecule has 1 N–H and O–H groups in total. The van der Waals surface area contributed by atoms with Crippen molar-refractivity contribution in [2.45, 2.75) is 32.2 Å². The van der Waals surface area contributed by atoms with Crippen molar-refractivity contribution >= 4 is 5.91 Å². The molecule has 150 valence electrons. The molecule has 0 saturated heterocycles. The van der Waals surface area contributed by atoms with Crippen LogP contribution in [0, 0.1) is 6.92 Å². The second kappa shape index (κ2) is 7.59. The van der Waals surface area contributed by atoms with Gasteiger partial charge in [-0.1, -0.05) is 35.5 Å². The first kappa shape index (κ1) is 18.3. The maximum atomic E-state index is 12.6. The molecule has 2 heterocycles. The van der Waals surface area contributed by atoms with Crippen LogP contribution in [0.3, 0.4) is 0 Å². The fourth-order valence-corrected chi connectivity index (χ4v) is 3.30. The molecule has 30 heavy (non-hydrogen) atoms. The van der Waals surface area contributed by atoms with E-state index in [2.05, 4.69) is 20.6 Å². The van der Waals surface area contributed by atoms with E-state index in [9.17, 15) is 4.79 Å². The average Bonchev–Trinajstić information content (AvgIpc) is 3.38. The van der Waals surface area contributed by atoms with Crippen molar-refractivity contribution in [1.29, 1.82) is 0 Å². The number of hydrogen-bond donors (Lipinski definition) is 1. The summed E-state index contributed by atoms with van der Waals surface area (Å²) in [5.41, 5.74) is 4.03. The average molecular weight is 399 g/mol. The molecular weight excluding hydrogens is 378 g/mol. The van der Waals surface area contributed by atoms with E-state index in [0.29, 0.717) is 29.5 Å². The molecule has 7 nitrogen and oxygen atoms in total. The van der Waals surface area contributed by atoms with Crippen molar-refractivity contribution in [1.82, 2.24) is 25.2 Å². The second-order valence-electron chi connectivity index (χ2n) is 7.52. The predicted octanol–water partition coefficient (Wildman–Crippen LogP) is 4.04. The molecule has 0 aliphatic heterocycles. The maximum Gasteiger partial charge on any atom is 0.255 e. The van der Waals surface area contributed by atoms with E-state index in [1.165, 1.54) is 0 Å². The Balaban J connectivity index is 1.30. The molecule has 5 rings (SSSR count). The standard InChI is InChI=1S/C23H21N5O2/c1-15-20(22(29)24-13-16-5-3-2-4-6-16)14-28(26-15)19-11-9-17(10-12-19)21-25-23(30-27-21)18-7-8-18/h2-6,9-12,14,18H,7-8,13H2,1H3,(H,24,29). The third-order valence-electron chi connectivity index (χ3n) is 5.20. The van der Waals surface area contributed by atoms with Gasteiger partial charge in [-0.3, -0.25) is 4.79 Å². The topological polar surface area (TPSA) is 85.8 Å². The van der Waals surface area contributed by atoms with E-state index < -0.39 is 0 Å². The molecule has 2 aromatic heterocycles. The molecule has 0 unspecified atom stereocenters. The number of carbonyl (C=O) groups is 1. The molecule has 1 aliphatic rings. The zero-order valence-corrected chi connectivity index (χ0v) is 16.6. The van der Waals surface area contributed by atoms with Gasteiger partial charge in [-0.25, -0.2) is 4.68 Å². The van der Waals surface area contributed by atoms with Gasteiger partial charge in [0.25, 0.3) is 5.91 Å². The Hall–Kier alpha value is -3.74. The number of aryl methyl sites for hydroxylation is 1. The first-order chi connectivity index (χ1) is 14.7. The van der Waals surface area contributed by atoms with Crippen molar-refractivity contribution in [2.75, 3.05) is 0 Å². The van der Waals surface area contributed by atoms with E-state index in [0.717, 1.165) is 35.5 Å². The van der Waals surface area contributed by atoms with Crippen molar-refractivity contribution in [3.63, 3.8) is 0 Å². The van der Waals surface area contributed by atoms with Gasteiger partial charge in [0.15, 0.2) is 0 Å². The number of hydrogen-bond acceptors (Lipinski definition) is 5. The van der Waals surface area contributed by atoms with E-state index in [-0.39, 0.29) is 5.91 Å². The third-order valence-corrected chi connectivity index (χ3v) is 5.20. The van der Waals surface area contributed by atoms with E-state index in [1.807, 2.05) is 61.5 Å². The summed E-state index contributed by atoms with van der Waals surface area (Å²) in [5.74, 6) is 1.62. The third kappa shape index (κ3) is 3.74. The summed E-state index contributed by atoms with van der Waals surface area (Å²) in [6.45, 7) is 2.31. The minimum Gasteiger partial charge on any atom is -0.348 e. The Labute approximate surface area is 173 Å². The largest absolute Gasteiger partial charge is 0.348 e. The number of amides is 1. The summed E-state index contributed by atoms with van der Waals surface area (Å²) < 4.78 is 7.05. The summed E-state index contributed by atoms with van der Waals surface area (Å²) in [4.78, 5) is 17.1. The van der Waals surface area contributed by atoms with Crippen LogP contribution in [-0.4, -0.2) is 25.8 Å². The van der Waals surface area contributed by atoms with Gasteiger partial charge >= 0.3 is 0 Å². The number of carbonyl (C=O) groups excluding carboxylic acids is 1. The summed E-state index contributed by atoms with van der Waals surface area (Å²) in [6, 6.07) is 17.6. The normalized spacial score (nSPS) is 13.4. The van der Waals surface area contributed by atoms with Crippen LogP contribution in [0.15, 0.2) is 65.3 Å². The smallest absolute Gasteiger partial charge is 0.255 e. The lowest BCUT2D eigenvalue weighted by Gasteiger charge is -2.04. The van der Waals surface area contributed by atoms with Crippen molar-refractivity contribution in [3.8, 4) is 17.1 Å². The van der Waals surface area contributed by atoms with Crippen molar-refractivity contribution < 1.29 is 9.32 Å². The predicted molar refractivity (Wildman–Crippen MR) is 111 cm³/mol. The Morgan fingerprint density at radius 1 is 1.13 bits per heavy atom. The minimum atomic E-state index is -0.140. The van der Waals surface area contributed by atoms with E-state index in [4.69, 9.17) is 4.52 Å². The van der Waals surface area contributed by atoms with Crippen LogP contribution in [0.2, 0.25) is 0 Å². The number of nitrogens with one attached hydrogen (secondary N) is 1. The van der Waals surface area contributed by atoms with Crippen molar-refractivity contribution in [2.24, 2.45) is 0 Å². The summed E-state index contributed by atoms with van der Waals surface area (Å²) in [5, 5.41) is 11.5. The van der Waals surface area contributed by atoms with Gasteiger partial charge in [0.2, 0.25) is 11.7 Å². The van der Waals surface area contributed by atoms with Gasteiger partial charge in [0, 0.05) is 24.2 Å². The number of nitrogens with zero attached hydrogens (tertiary/aromatic N) is 4. The molecular formula is C23H21N5O2. The van der Waals surface area contributed by atoms with Crippen LogP contribution in [0.25, 0.3) is 17.1 Å². The zero-order chi connectivity index (χ0) is 20.5. The molecule has 1 fully saturated rings. The van der Waals surface area contributed by atoms with Gasteiger partial charge < -0.3 is 9.84 Å². The van der Waals surface area contributed by atoms with E-state index >= 15 is 0 Å². The molecule has 7 heteroatoms. The second-order valence-corrected chi connectivity index (χ2v) is 7.52. The molecule has 0 spiro atoms. The lowest BCUT2D eigenvalue weighted by atomic mass is 10.2. The maximum absolute atomic E-state index is 12.6. The minimum absolute atomic E-state index is 0.140. The van der Waals surface area contributed by atoms with Crippen LogP contribution < -0.4 is 5.32 Å². The van der Waals surface area contributed by atoms with Gasteiger partial charge in [-0.2, -0.15) is 10.1 Å². The van der Waals surface area contributed by atoms with Crippen molar-refractivity contribution in [3.05, 3.63) is 83.5 Å². The molecule has 0 radical (unpaired) electrons. The van der Waals surface area contributed by atoms with Gasteiger partial charge in [0.1, 0.15) is 0 Å². The summed E-state index contributed by atoms with van der Waals surface area (Å²) in [7, 11) is 0. The highest BCUT2D eigenvalue weighted by atomic mass is 16.5. The van der Waals surface area contributed by atoms with Crippen LogP contribution in [-0.2, 0) is 6.54 Å². The highest BCUT2D eigenvalue weighted by Gasteiger charge is 2.29. The first-order valence-corrected chi connectivity index (χ1v) is 10.0. The molecule has 0 bridgehead atoms. The number of rotatable bonds is 6. The van der Waals surface area contributed by atoms with Gasteiger partial charge in [-0.05, 0) is 49.6 Å². The Morgan fingerprint density at radius 2 is 1.90 bits per heavy atom. The summed E-state index contributed by atoms with van der Waals surface area (Å²) >= 11 is 0. The molecule has 2 aromatic carbocycles. The van der Waals surface area contributed by atoms with Gasteiger partial charge in [0.05, 0.1) is 16.9 Å². The fraction of sp³-hybridized carbons (Fsp3) is 0.217. The van der Waals surface area contributed by atoms with E-state index in [1.54, 1.807) is 10.9 Å².